The number of nitrogens with one attached hydrogen (secondary N) is 1. The number of nitrogens with zero attached hydrogens (tertiary/aromatic N) is 1. The van der Waals surface area contributed by atoms with Crippen LogP contribution >= 0.6 is 24.0 Å². The van der Waals surface area contributed by atoms with Crippen molar-refractivity contribution >= 4 is 24.0 Å². The second-order valence-corrected chi connectivity index (χ2v) is 4.97. The van der Waals surface area contributed by atoms with E-state index in [4.69, 9.17) is 11.6 Å². The van der Waals surface area contributed by atoms with Crippen molar-refractivity contribution in [1.29, 1.82) is 0 Å². The lowest BCUT2D eigenvalue weighted by Gasteiger charge is -2.35. The van der Waals surface area contributed by atoms with E-state index in [1.807, 2.05) is 4.90 Å². The Morgan fingerprint density at radius 3 is 2.45 bits per heavy atom. The van der Waals surface area contributed by atoms with Gasteiger partial charge in [0.15, 0.2) is 0 Å². The Morgan fingerprint density at radius 1 is 1.25 bits per heavy atom. The smallest absolute Gasteiger partial charge is 0.240 e. The predicted octanol–water partition coefficient (Wildman–Crippen LogP) is 3.50. The molecule has 2 nitrogen and oxygen atoms in total. The van der Waals surface area contributed by atoms with E-state index in [0.717, 1.165) is 0 Å². The van der Waals surface area contributed by atoms with Crippen LogP contribution in [0.2, 0.25) is 5.02 Å². The molecule has 114 valence electrons. The molecule has 1 aliphatic rings. The van der Waals surface area contributed by atoms with Crippen LogP contribution in [-0.2, 0) is 0 Å². The molecule has 1 aromatic rings. The lowest BCUT2D eigenvalue weighted by molar-refractivity contribution is 0.0726. The van der Waals surface area contributed by atoms with E-state index in [2.05, 4.69) is 5.32 Å². The molecule has 0 bridgehead atoms. The van der Waals surface area contributed by atoms with Crippen molar-refractivity contribution in [1.82, 2.24) is 10.2 Å². The number of hydrogen-bond acceptors (Lipinski definition) is 2. The highest BCUT2D eigenvalue weighted by atomic mass is 35.5. The van der Waals surface area contributed by atoms with Gasteiger partial charge in [-0.05, 0) is 12.1 Å². The standard InChI is InChI=1S/C13H16ClF3N2.ClH/c14-9-2-1-3-10(15)13(9)11(8-12(16)17)19-6-4-18-5-7-19;/h1-3,11-12,18H,4-8H2;1H/t11-;/m1./s1. The third-order valence-electron chi connectivity index (χ3n) is 3.33. The summed E-state index contributed by atoms with van der Waals surface area (Å²) in [6, 6.07) is 3.62. The summed E-state index contributed by atoms with van der Waals surface area (Å²) >= 11 is 6.00. The van der Waals surface area contributed by atoms with Crippen LogP contribution in [0.1, 0.15) is 18.0 Å². The Bertz CT molecular complexity index is 406. The van der Waals surface area contributed by atoms with Gasteiger partial charge < -0.3 is 5.32 Å². The van der Waals surface area contributed by atoms with Gasteiger partial charge in [-0.3, -0.25) is 4.90 Å². The van der Waals surface area contributed by atoms with Crippen molar-refractivity contribution in [3.63, 3.8) is 0 Å². The van der Waals surface area contributed by atoms with E-state index in [9.17, 15) is 13.2 Å². The quantitative estimate of drug-likeness (QED) is 0.910. The van der Waals surface area contributed by atoms with Crippen molar-refractivity contribution in [2.75, 3.05) is 26.2 Å². The summed E-state index contributed by atoms with van der Waals surface area (Å²) in [5, 5.41) is 3.36. The molecule has 7 heteroatoms. The van der Waals surface area contributed by atoms with Gasteiger partial charge in [-0.2, -0.15) is 0 Å². The zero-order valence-corrected chi connectivity index (χ0v) is 12.4. The molecule has 0 radical (unpaired) electrons. The zero-order valence-electron chi connectivity index (χ0n) is 10.8. The van der Waals surface area contributed by atoms with Crippen molar-refractivity contribution in [3.05, 3.63) is 34.6 Å². The number of piperazine rings is 1. The Balaban J connectivity index is 0.00000200. The summed E-state index contributed by atoms with van der Waals surface area (Å²) in [5.74, 6) is -0.517. The van der Waals surface area contributed by atoms with E-state index in [1.165, 1.54) is 12.1 Å². The second kappa shape index (κ2) is 8.08. The highest BCUT2D eigenvalue weighted by Crippen LogP contribution is 2.34. The molecule has 0 spiro atoms. The van der Waals surface area contributed by atoms with Gasteiger partial charge in [-0.15, -0.1) is 12.4 Å². The molecule has 2 rings (SSSR count). The molecule has 0 amide bonds. The van der Waals surface area contributed by atoms with E-state index >= 15 is 0 Å². The first kappa shape index (κ1) is 17.6. The van der Waals surface area contributed by atoms with E-state index in [-0.39, 0.29) is 23.0 Å². The maximum Gasteiger partial charge on any atom is 0.240 e. The van der Waals surface area contributed by atoms with Gasteiger partial charge in [0, 0.05) is 49.2 Å². The minimum Gasteiger partial charge on any atom is -0.314 e. The lowest BCUT2D eigenvalue weighted by Crippen LogP contribution is -2.45. The molecule has 1 aliphatic heterocycles. The topological polar surface area (TPSA) is 15.3 Å². The molecule has 1 aromatic carbocycles. The predicted molar refractivity (Wildman–Crippen MR) is 76.5 cm³/mol. The van der Waals surface area contributed by atoms with Crippen molar-refractivity contribution in [2.24, 2.45) is 0 Å². The van der Waals surface area contributed by atoms with Crippen molar-refractivity contribution in [3.8, 4) is 0 Å². The maximum absolute atomic E-state index is 13.9. The molecule has 1 heterocycles. The van der Waals surface area contributed by atoms with Crippen molar-refractivity contribution < 1.29 is 13.2 Å². The first-order valence-corrected chi connectivity index (χ1v) is 6.64. The Kier molecular flexibility index (Phi) is 7.09. The molecule has 1 fully saturated rings. The number of benzene rings is 1. The van der Waals surface area contributed by atoms with Gasteiger partial charge in [0.25, 0.3) is 0 Å². The lowest BCUT2D eigenvalue weighted by atomic mass is 10.0. The molecular formula is C13H17Cl2F3N2. The van der Waals surface area contributed by atoms with Gasteiger partial charge in [-0.1, -0.05) is 17.7 Å². The molecule has 1 saturated heterocycles. The van der Waals surface area contributed by atoms with E-state index < -0.39 is 24.7 Å². The van der Waals surface area contributed by atoms with Crippen LogP contribution < -0.4 is 5.32 Å². The first-order valence-electron chi connectivity index (χ1n) is 6.26. The Hall–Kier alpha value is -0.490. The van der Waals surface area contributed by atoms with Crippen LogP contribution in [0, 0.1) is 5.82 Å². The number of alkyl halides is 2. The number of rotatable bonds is 4. The van der Waals surface area contributed by atoms with Gasteiger partial charge >= 0.3 is 0 Å². The molecule has 0 saturated carbocycles. The molecule has 1 N–H and O–H groups in total. The normalized spacial score (nSPS) is 17.9. The highest BCUT2D eigenvalue weighted by Gasteiger charge is 2.29. The minimum atomic E-state index is -2.49. The van der Waals surface area contributed by atoms with Crippen LogP contribution in [0.15, 0.2) is 18.2 Å². The zero-order chi connectivity index (χ0) is 13.8. The highest BCUT2D eigenvalue weighted by molar-refractivity contribution is 6.31. The summed E-state index contributed by atoms with van der Waals surface area (Å²) < 4.78 is 39.5. The molecule has 0 aliphatic carbocycles. The fourth-order valence-corrected chi connectivity index (χ4v) is 2.73. The molecular weight excluding hydrogens is 312 g/mol. The van der Waals surface area contributed by atoms with Crippen LogP contribution in [0.3, 0.4) is 0 Å². The second-order valence-electron chi connectivity index (χ2n) is 4.56. The summed E-state index contributed by atoms with van der Waals surface area (Å²) in [6.07, 6.45) is -2.89. The van der Waals surface area contributed by atoms with Gasteiger partial charge in [0.05, 0.1) is 0 Å². The number of hydrogen-bond donors (Lipinski definition) is 1. The molecule has 0 aromatic heterocycles. The summed E-state index contributed by atoms with van der Waals surface area (Å²) in [5.41, 5.74) is 0.186. The van der Waals surface area contributed by atoms with Gasteiger partial charge in [-0.25, -0.2) is 13.2 Å². The summed E-state index contributed by atoms with van der Waals surface area (Å²) in [4.78, 5) is 1.87. The third-order valence-corrected chi connectivity index (χ3v) is 3.66. The molecule has 20 heavy (non-hydrogen) atoms. The van der Waals surface area contributed by atoms with Gasteiger partial charge in [0.2, 0.25) is 6.43 Å². The number of halogens is 5. The molecule has 1 atom stereocenters. The minimum absolute atomic E-state index is 0. The SMILES string of the molecule is Cl.Fc1cccc(Cl)c1[C@@H](CC(F)F)N1CCNCC1. The van der Waals surface area contributed by atoms with E-state index in [1.54, 1.807) is 6.07 Å². The van der Waals surface area contributed by atoms with Crippen LogP contribution in [-0.4, -0.2) is 37.5 Å². The Morgan fingerprint density at radius 2 is 1.90 bits per heavy atom. The third kappa shape index (κ3) is 4.25. The van der Waals surface area contributed by atoms with E-state index in [0.29, 0.717) is 26.2 Å². The summed E-state index contributed by atoms with van der Waals surface area (Å²) in [6.45, 7) is 2.65. The summed E-state index contributed by atoms with van der Waals surface area (Å²) in [7, 11) is 0. The largest absolute Gasteiger partial charge is 0.314 e. The first-order chi connectivity index (χ1) is 9.09. The van der Waals surface area contributed by atoms with Crippen LogP contribution in [0.5, 0.6) is 0 Å². The average Bonchev–Trinajstić information content (AvgIpc) is 2.38. The fourth-order valence-electron chi connectivity index (χ4n) is 2.44. The van der Waals surface area contributed by atoms with Crippen molar-refractivity contribution in [2.45, 2.75) is 18.9 Å². The Labute approximate surface area is 127 Å². The van der Waals surface area contributed by atoms with Gasteiger partial charge in [0.1, 0.15) is 5.82 Å². The fraction of sp³-hybridized carbons (Fsp3) is 0.538. The maximum atomic E-state index is 13.9. The monoisotopic (exact) mass is 328 g/mol. The van der Waals surface area contributed by atoms with Crippen LogP contribution in [0.25, 0.3) is 0 Å². The molecule has 0 unspecified atom stereocenters. The average molecular weight is 329 g/mol. The van der Waals surface area contributed by atoms with Crippen LogP contribution in [0.4, 0.5) is 13.2 Å².